The molecule has 2 aromatic heterocycles. The summed E-state index contributed by atoms with van der Waals surface area (Å²) in [6.45, 7) is 7.45. The van der Waals surface area contributed by atoms with Gasteiger partial charge in [0.15, 0.2) is 0 Å². The van der Waals surface area contributed by atoms with Crippen molar-refractivity contribution in [2.75, 3.05) is 26.2 Å². The van der Waals surface area contributed by atoms with E-state index in [2.05, 4.69) is 32.7 Å². The highest BCUT2D eigenvalue weighted by Gasteiger charge is 2.21. The van der Waals surface area contributed by atoms with Crippen LogP contribution in [0.25, 0.3) is 0 Å². The smallest absolute Gasteiger partial charge is 0.267 e. The average Bonchev–Trinajstić information content (AvgIpc) is 3.17. The molecule has 1 amide bonds. The third-order valence-electron chi connectivity index (χ3n) is 3.99. The molecule has 0 spiro atoms. The van der Waals surface area contributed by atoms with E-state index in [-0.39, 0.29) is 5.91 Å². The fourth-order valence-corrected chi connectivity index (χ4v) is 3.33. The van der Waals surface area contributed by atoms with Gasteiger partial charge < -0.3 is 4.90 Å². The van der Waals surface area contributed by atoms with Gasteiger partial charge in [-0.1, -0.05) is 11.4 Å². The van der Waals surface area contributed by atoms with Gasteiger partial charge in [-0.25, -0.2) is 0 Å². The van der Waals surface area contributed by atoms with E-state index in [1.54, 1.807) is 6.20 Å². The average molecular weight is 334 g/mol. The van der Waals surface area contributed by atoms with Crippen LogP contribution < -0.4 is 0 Å². The normalized spacial score (nSPS) is 16.5. The Morgan fingerprint density at radius 2 is 2.17 bits per heavy atom. The zero-order valence-corrected chi connectivity index (χ0v) is 14.2. The van der Waals surface area contributed by atoms with Crippen LogP contribution in [0.3, 0.4) is 0 Å². The van der Waals surface area contributed by atoms with Gasteiger partial charge in [-0.2, -0.15) is 5.10 Å². The maximum absolute atomic E-state index is 12.4. The molecule has 0 N–H and O–H groups in total. The molecular weight excluding hydrogens is 312 g/mol. The third-order valence-corrected chi connectivity index (χ3v) is 4.65. The Morgan fingerprint density at radius 3 is 2.96 bits per heavy atom. The zero-order chi connectivity index (χ0) is 16.1. The van der Waals surface area contributed by atoms with Crippen LogP contribution in [0.15, 0.2) is 18.6 Å². The standard InChI is InChI=1S/C15H22N6OS/c1-2-4-21-12-13(9-17-21)11-19-5-3-6-20(8-7-19)15(22)14-10-16-18-23-14/h9-10,12H,2-8,11H2,1H3. The summed E-state index contributed by atoms with van der Waals surface area (Å²) in [5, 5.41) is 8.14. The lowest BCUT2D eigenvalue weighted by Gasteiger charge is -2.20. The van der Waals surface area contributed by atoms with Crippen LogP contribution in [0.1, 0.15) is 35.0 Å². The first-order valence-electron chi connectivity index (χ1n) is 8.06. The summed E-state index contributed by atoms with van der Waals surface area (Å²) >= 11 is 1.17. The Bertz CT molecular complexity index is 626. The fourth-order valence-electron chi connectivity index (χ4n) is 2.85. The number of carbonyl (C=O) groups excluding carboxylic acids is 1. The first kappa shape index (κ1) is 16.1. The molecule has 1 saturated heterocycles. The van der Waals surface area contributed by atoms with Crippen molar-refractivity contribution in [1.29, 1.82) is 0 Å². The van der Waals surface area contributed by atoms with Gasteiger partial charge in [-0.15, -0.1) is 5.10 Å². The Hall–Kier alpha value is -1.80. The Balaban J connectivity index is 1.54. The van der Waals surface area contributed by atoms with Crippen LogP contribution in [0.4, 0.5) is 0 Å². The molecule has 124 valence electrons. The van der Waals surface area contributed by atoms with E-state index in [9.17, 15) is 4.79 Å². The van der Waals surface area contributed by atoms with E-state index in [4.69, 9.17) is 0 Å². The van der Waals surface area contributed by atoms with Crippen LogP contribution in [0.5, 0.6) is 0 Å². The molecule has 0 unspecified atom stereocenters. The molecule has 1 fully saturated rings. The Labute approximate surface area is 140 Å². The Morgan fingerprint density at radius 1 is 1.26 bits per heavy atom. The molecule has 2 aromatic rings. The highest BCUT2D eigenvalue weighted by molar-refractivity contribution is 7.07. The summed E-state index contributed by atoms with van der Waals surface area (Å²) in [6.07, 6.45) is 7.71. The Kier molecular flexibility index (Phi) is 5.35. The predicted octanol–water partition coefficient (Wildman–Crippen LogP) is 1.49. The number of hydrogen-bond donors (Lipinski definition) is 0. The van der Waals surface area contributed by atoms with E-state index < -0.39 is 0 Å². The number of hydrogen-bond acceptors (Lipinski definition) is 6. The third kappa shape index (κ3) is 4.14. The summed E-state index contributed by atoms with van der Waals surface area (Å²) in [5.74, 6) is 0.0533. The number of aryl methyl sites for hydroxylation is 1. The van der Waals surface area contributed by atoms with Gasteiger partial charge in [0.25, 0.3) is 5.91 Å². The van der Waals surface area contributed by atoms with Crippen molar-refractivity contribution in [3.63, 3.8) is 0 Å². The molecule has 1 aliphatic rings. The van der Waals surface area contributed by atoms with Gasteiger partial charge >= 0.3 is 0 Å². The van der Waals surface area contributed by atoms with Gasteiger partial charge in [0.05, 0.1) is 12.4 Å². The quantitative estimate of drug-likeness (QED) is 0.829. The number of rotatable bonds is 5. The van der Waals surface area contributed by atoms with Crippen LogP contribution in [0.2, 0.25) is 0 Å². The summed E-state index contributed by atoms with van der Waals surface area (Å²) in [6, 6.07) is 0. The van der Waals surface area contributed by atoms with E-state index in [1.165, 1.54) is 17.1 Å². The van der Waals surface area contributed by atoms with E-state index >= 15 is 0 Å². The molecule has 0 aliphatic carbocycles. The van der Waals surface area contributed by atoms with Crippen molar-refractivity contribution in [2.24, 2.45) is 0 Å². The van der Waals surface area contributed by atoms with Crippen molar-refractivity contribution < 1.29 is 4.79 Å². The van der Waals surface area contributed by atoms with Gasteiger partial charge in [-0.05, 0) is 24.4 Å². The molecule has 23 heavy (non-hydrogen) atoms. The fraction of sp³-hybridized carbons (Fsp3) is 0.600. The number of aromatic nitrogens is 4. The minimum atomic E-state index is 0.0533. The number of nitrogens with zero attached hydrogens (tertiary/aromatic N) is 6. The van der Waals surface area contributed by atoms with Crippen LogP contribution in [0, 0.1) is 0 Å². The van der Waals surface area contributed by atoms with Crippen molar-refractivity contribution in [1.82, 2.24) is 29.2 Å². The van der Waals surface area contributed by atoms with Gasteiger partial charge in [0.2, 0.25) is 0 Å². The summed E-state index contributed by atoms with van der Waals surface area (Å²) in [7, 11) is 0. The molecule has 0 aromatic carbocycles. The molecule has 3 heterocycles. The molecule has 7 nitrogen and oxygen atoms in total. The van der Waals surface area contributed by atoms with Crippen molar-refractivity contribution in [3.8, 4) is 0 Å². The molecule has 0 saturated carbocycles. The lowest BCUT2D eigenvalue weighted by atomic mass is 10.3. The van der Waals surface area contributed by atoms with Crippen molar-refractivity contribution in [3.05, 3.63) is 29.0 Å². The summed E-state index contributed by atoms with van der Waals surface area (Å²) in [5.41, 5.74) is 1.24. The van der Waals surface area contributed by atoms with Crippen LogP contribution >= 0.6 is 11.5 Å². The number of carbonyl (C=O) groups is 1. The maximum Gasteiger partial charge on any atom is 0.267 e. The van der Waals surface area contributed by atoms with Crippen LogP contribution in [-0.2, 0) is 13.1 Å². The van der Waals surface area contributed by atoms with E-state index in [0.29, 0.717) is 4.88 Å². The minimum Gasteiger partial charge on any atom is -0.337 e. The molecule has 3 rings (SSSR count). The lowest BCUT2D eigenvalue weighted by molar-refractivity contribution is 0.0765. The van der Waals surface area contributed by atoms with Crippen molar-refractivity contribution >= 4 is 17.4 Å². The first-order valence-corrected chi connectivity index (χ1v) is 8.84. The second-order valence-corrected chi connectivity index (χ2v) is 6.60. The van der Waals surface area contributed by atoms with Gasteiger partial charge in [-0.3, -0.25) is 14.4 Å². The van der Waals surface area contributed by atoms with Crippen molar-refractivity contribution in [2.45, 2.75) is 32.9 Å². The molecule has 1 aliphatic heterocycles. The second kappa shape index (κ2) is 7.65. The summed E-state index contributed by atoms with van der Waals surface area (Å²) < 4.78 is 5.77. The topological polar surface area (TPSA) is 67.2 Å². The highest BCUT2D eigenvalue weighted by Crippen LogP contribution is 2.13. The monoisotopic (exact) mass is 334 g/mol. The van der Waals surface area contributed by atoms with Crippen LogP contribution in [-0.4, -0.2) is 61.3 Å². The number of amides is 1. The minimum absolute atomic E-state index is 0.0533. The second-order valence-electron chi connectivity index (χ2n) is 5.82. The highest BCUT2D eigenvalue weighted by atomic mass is 32.1. The first-order chi connectivity index (χ1) is 11.3. The van der Waals surface area contributed by atoms with Gasteiger partial charge in [0.1, 0.15) is 4.88 Å². The zero-order valence-electron chi connectivity index (χ0n) is 13.4. The van der Waals surface area contributed by atoms with E-state index in [0.717, 1.165) is 52.1 Å². The molecular formula is C15H22N6OS. The van der Waals surface area contributed by atoms with E-state index in [1.807, 2.05) is 15.8 Å². The SMILES string of the molecule is CCCn1cc(CN2CCCN(C(=O)c3cnns3)CC2)cn1. The van der Waals surface area contributed by atoms with Gasteiger partial charge in [0, 0.05) is 51.0 Å². The largest absolute Gasteiger partial charge is 0.337 e. The molecule has 0 radical (unpaired) electrons. The molecule has 0 atom stereocenters. The molecule has 8 heteroatoms. The summed E-state index contributed by atoms with van der Waals surface area (Å²) in [4.78, 5) is 17.3. The predicted molar refractivity (Wildman–Crippen MR) is 88.2 cm³/mol. The maximum atomic E-state index is 12.4. The lowest BCUT2D eigenvalue weighted by Crippen LogP contribution is -2.34. The molecule has 0 bridgehead atoms.